The molecule has 0 amide bonds. The lowest BCUT2D eigenvalue weighted by molar-refractivity contribution is -0.305. The van der Waals surface area contributed by atoms with Crippen molar-refractivity contribution in [2.75, 3.05) is 6.54 Å². The Labute approximate surface area is 105 Å². The molecular weight excluding hydrogens is 258 g/mol. The Morgan fingerprint density at radius 1 is 1.22 bits per heavy atom. The Balaban J connectivity index is 2.79. The number of nitrogens with one attached hydrogen (secondary N) is 1. The van der Waals surface area contributed by atoms with Gasteiger partial charge in [0, 0.05) is 24.5 Å². The van der Waals surface area contributed by atoms with Crippen LogP contribution in [0.25, 0.3) is 0 Å². The molecular formula is C11H12NO5S-. The number of carboxylic acid groups (broad SMARTS) is 1. The SMILES string of the molecule is CC(=O)c1ccc(S(=O)(=O)NCCC(=O)[O-])cc1. The monoisotopic (exact) mass is 270 g/mol. The van der Waals surface area contributed by atoms with Gasteiger partial charge in [-0.25, -0.2) is 13.1 Å². The molecule has 98 valence electrons. The fourth-order valence-electron chi connectivity index (χ4n) is 1.24. The Bertz CT molecular complexity index is 547. The lowest BCUT2D eigenvalue weighted by atomic mass is 10.2. The average Bonchev–Trinajstić information content (AvgIpc) is 2.28. The smallest absolute Gasteiger partial charge is 0.240 e. The third-order valence-electron chi connectivity index (χ3n) is 2.19. The number of hydrogen-bond donors (Lipinski definition) is 1. The zero-order valence-corrected chi connectivity index (χ0v) is 10.5. The van der Waals surface area contributed by atoms with Crippen LogP contribution in [0.3, 0.4) is 0 Å². The van der Waals surface area contributed by atoms with Crippen molar-refractivity contribution in [1.29, 1.82) is 0 Å². The van der Waals surface area contributed by atoms with Gasteiger partial charge in [-0.05, 0) is 19.1 Å². The zero-order chi connectivity index (χ0) is 13.8. The fraction of sp³-hybridized carbons (Fsp3) is 0.273. The lowest BCUT2D eigenvalue weighted by Crippen LogP contribution is -2.31. The third-order valence-corrected chi connectivity index (χ3v) is 3.67. The molecule has 0 unspecified atom stereocenters. The maximum atomic E-state index is 11.7. The summed E-state index contributed by atoms with van der Waals surface area (Å²) in [6.07, 6.45) is -0.398. The van der Waals surface area contributed by atoms with E-state index in [4.69, 9.17) is 0 Å². The molecule has 6 nitrogen and oxygen atoms in total. The number of Topliss-reactive ketones (excluding diaryl/α,β-unsaturated/α-hetero) is 1. The van der Waals surface area contributed by atoms with E-state index in [0.29, 0.717) is 5.56 Å². The standard InChI is InChI=1S/C11H13NO5S/c1-8(13)9-2-4-10(5-3-9)18(16,17)12-7-6-11(14)15/h2-5,12H,6-7H2,1H3,(H,14,15)/p-1. The number of carboxylic acids is 1. The Morgan fingerprint density at radius 2 is 1.78 bits per heavy atom. The molecule has 0 aliphatic rings. The lowest BCUT2D eigenvalue weighted by Gasteiger charge is -2.07. The average molecular weight is 270 g/mol. The predicted octanol–water partition coefficient (Wildman–Crippen LogP) is -0.692. The van der Waals surface area contributed by atoms with E-state index >= 15 is 0 Å². The second-order valence-corrected chi connectivity index (χ2v) is 5.37. The maximum absolute atomic E-state index is 11.7. The molecule has 0 radical (unpaired) electrons. The number of carbonyl (C=O) groups excluding carboxylic acids is 2. The van der Waals surface area contributed by atoms with Crippen LogP contribution in [0, 0.1) is 0 Å². The van der Waals surface area contributed by atoms with Crippen molar-refractivity contribution < 1.29 is 23.1 Å². The van der Waals surface area contributed by atoms with Crippen LogP contribution in [0.15, 0.2) is 29.2 Å². The highest BCUT2D eigenvalue weighted by molar-refractivity contribution is 7.89. The number of sulfonamides is 1. The molecule has 0 spiro atoms. The topological polar surface area (TPSA) is 103 Å². The summed E-state index contributed by atoms with van der Waals surface area (Å²) >= 11 is 0. The molecule has 0 bridgehead atoms. The van der Waals surface area contributed by atoms with Gasteiger partial charge in [-0.3, -0.25) is 4.79 Å². The largest absolute Gasteiger partial charge is 0.550 e. The highest BCUT2D eigenvalue weighted by atomic mass is 32.2. The number of carbonyl (C=O) groups is 2. The minimum Gasteiger partial charge on any atom is -0.550 e. The Morgan fingerprint density at radius 3 is 2.22 bits per heavy atom. The summed E-state index contributed by atoms with van der Waals surface area (Å²) in [5.74, 6) is -1.49. The number of ketones is 1. The van der Waals surface area contributed by atoms with Crippen LogP contribution < -0.4 is 9.83 Å². The molecule has 1 aromatic rings. The van der Waals surface area contributed by atoms with Crippen LogP contribution in [0.1, 0.15) is 23.7 Å². The number of hydrogen-bond acceptors (Lipinski definition) is 5. The molecule has 1 rings (SSSR count). The quantitative estimate of drug-likeness (QED) is 0.689. The van der Waals surface area contributed by atoms with Crippen molar-refractivity contribution in [3.63, 3.8) is 0 Å². The van der Waals surface area contributed by atoms with E-state index < -0.39 is 22.4 Å². The van der Waals surface area contributed by atoms with Crippen LogP contribution in [-0.4, -0.2) is 26.7 Å². The first kappa shape index (κ1) is 14.3. The van der Waals surface area contributed by atoms with Gasteiger partial charge in [0.2, 0.25) is 10.0 Å². The van der Waals surface area contributed by atoms with Crippen molar-refractivity contribution >= 4 is 21.8 Å². The molecule has 0 saturated heterocycles. The van der Waals surface area contributed by atoms with Crippen LogP contribution >= 0.6 is 0 Å². The summed E-state index contributed by atoms with van der Waals surface area (Å²) in [6.45, 7) is 1.14. The first-order valence-electron chi connectivity index (χ1n) is 5.13. The van der Waals surface area contributed by atoms with Crippen molar-refractivity contribution in [3.05, 3.63) is 29.8 Å². The minimum absolute atomic E-state index is 0.0224. The van der Waals surface area contributed by atoms with E-state index in [1.165, 1.54) is 31.2 Å². The second kappa shape index (κ2) is 5.74. The number of rotatable bonds is 6. The molecule has 0 aliphatic carbocycles. The summed E-state index contributed by atoms with van der Waals surface area (Å²) in [4.78, 5) is 21.2. The normalized spacial score (nSPS) is 11.2. The minimum atomic E-state index is -3.75. The molecule has 0 fully saturated rings. The summed E-state index contributed by atoms with van der Waals surface area (Å²) in [7, 11) is -3.75. The molecule has 0 saturated carbocycles. The molecule has 0 aromatic heterocycles. The molecule has 7 heteroatoms. The Hall–Kier alpha value is -1.73. The van der Waals surface area contributed by atoms with Crippen molar-refractivity contribution in [3.8, 4) is 0 Å². The van der Waals surface area contributed by atoms with Gasteiger partial charge in [-0.15, -0.1) is 0 Å². The van der Waals surface area contributed by atoms with Gasteiger partial charge in [0.1, 0.15) is 0 Å². The van der Waals surface area contributed by atoms with Crippen LogP contribution in [0.4, 0.5) is 0 Å². The summed E-state index contributed by atoms with van der Waals surface area (Å²) in [5.41, 5.74) is 0.406. The van der Waals surface area contributed by atoms with Gasteiger partial charge < -0.3 is 9.90 Å². The van der Waals surface area contributed by atoms with Crippen LogP contribution in [-0.2, 0) is 14.8 Å². The summed E-state index contributed by atoms with van der Waals surface area (Å²) in [5, 5.41) is 10.2. The second-order valence-electron chi connectivity index (χ2n) is 3.60. The number of benzene rings is 1. The van der Waals surface area contributed by atoms with E-state index in [9.17, 15) is 23.1 Å². The highest BCUT2D eigenvalue weighted by Gasteiger charge is 2.13. The highest BCUT2D eigenvalue weighted by Crippen LogP contribution is 2.10. The molecule has 0 heterocycles. The van der Waals surface area contributed by atoms with E-state index in [1.54, 1.807) is 0 Å². The molecule has 0 atom stereocenters. The molecule has 1 N–H and O–H groups in total. The molecule has 18 heavy (non-hydrogen) atoms. The van der Waals surface area contributed by atoms with Crippen LogP contribution in [0.5, 0.6) is 0 Å². The van der Waals surface area contributed by atoms with Crippen LogP contribution in [0.2, 0.25) is 0 Å². The Kier molecular flexibility index (Phi) is 4.57. The molecule has 1 aromatic carbocycles. The first-order valence-corrected chi connectivity index (χ1v) is 6.62. The third kappa shape index (κ3) is 3.94. The first-order chi connectivity index (χ1) is 8.33. The van der Waals surface area contributed by atoms with E-state index in [0.717, 1.165) is 0 Å². The summed E-state index contributed by atoms with van der Waals surface area (Å²) in [6, 6.07) is 5.38. The zero-order valence-electron chi connectivity index (χ0n) is 9.67. The van der Waals surface area contributed by atoms with Gasteiger partial charge in [-0.1, -0.05) is 12.1 Å². The molecule has 0 aliphatic heterocycles. The van der Waals surface area contributed by atoms with E-state index in [2.05, 4.69) is 4.72 Å². The van der Waals surface area contributed by atoms with E-state index in [1.807, 2.05) is 0 Å². The van der Waals surface area contributed by atoms with Crippen molar-refractivity contribution in [2.24, 2.45) is 0 Å². The van der Waals surface area contributed by atoms with Gasteiger partial charge in [0.25, 0.3) is 0 Å². The number of aliphatic carboxylic acids is 1. The van der Waals surface area contributed by atoms with Gasteiger partial charge in [0.05, 0.1) is 4.90 Å². The summed E-state index contributed by atoms with van der Waals surface area (Å²) < 4.78 is 25.5. The van der Waals surface area contributed by atoms with E-state index in [-0.39, 0.29) is 17.2 Å². The fourth-order valence-corrected chi connectivity index (χ4v) is 2.27. The van der Waals surface area contributed by atoms with Gasteiger partial charge in [0.15, 0.2) is 5.78 Å². The van der Waals surface area contributed by atoms with Crippen molar-refractivity contribution in [2.45, 2.75) is 18.2 Å². The predicted molar refractivity (Wildman–Crippen MR) is 61.3 cm³/mol. The van der Waals surface area contributed by atoms with Gasteiger partial charge >= 0.3 is 0 Å². The van der Waals surface area contributed by atoms with Crippen molar-refractivity contribution in [1.82, 2.24) is 4.72 Å². The van der Waals surface area contributed by atoms with Gasteiger partial charge in [-0.2, -0.15) is 0 Å². The maximum Gasteiger partial charge on any atom is 0.240 e.